The van der Waals surface area contributed by atoms with Gasteiger partial charge in [0.2, 0.25) is 0 Å². The van der Waals surface area contributed by atoms with E-state index in [0.717, 1.165) is 17.5 Å². The average molecular weight is 352 g/mol. The molecule has 0 aliphatic carbocycles. The van der Waals surface area contributed by atoms with E-state index in [9.17, 15) is 9.59 Å². The Morgan fingerprint density at radius 3 is 2.58 bits per heavy atom. The third-order valence-electron chi connectivity index (χ3n) is 3.61. The van der Waals surface area contributed by atoms with Crippen molar-refractivity contribution in [1.82, 2.24) is 0 Å². The molecule has 1 unspecified atom stereocenters. The van der Waals surface area contributed by atoms with Gasteiger partial charge in [-0.2, -0.15) is 5.26 Å². The number of aldehydes is 1. The molecule has 2 aromatic carbocycles. The lowest BCUT2D eigenvalue weighted by Crippen LogP contribution is -2.19. The highest BCUT2D eigenvalue weighted by Crippen LogP contribution is 2.25. The highest BCUT2D eigenvalue weighted by atomic mass is 16.5. The van der Waals surface area contributed by atoms with E-state index in [1.165, 1.54) is 6.92 Å². The molecule has 1 N–H and O–H groups in total. The molecule has 0 amide bonds. The lowest BCUT2D eigenvalue weighted by molar-refractivity contribution is -0.141. The largest absolute Gasteiger partial charge is 0.494 e. The van der Waals surface area contributed by atoms with Crippen molar-refractivity contribution in [3.8, 4) is 11.8 Å². The number of carbonyl (C=O) groups is 2. The van der Waals surface area contributed by atoms with Crippen LogP contribution in [0.2, 0.25) is 0 Å². The third-order valence-corrected chi connectivity index (χ3v) is 3.61. The standard InChI is InChI=1S/C20H20N2O4/c1-3-25-19-9-16(12-23)8-17(10-19)20(13-26-14(2)24)22-18-6-4-15(11-21)5-7-18/h4-10,12,20,22H,3,13H2,1-2H3. The highest BCUT2D eigenvalue weighted by molar-refractivity contribution is 5.76. The summed E-state index contributed by atoms with van der Waals surface area (Å²) in [4.78, 5) is 22.5. The zero-order valence-corrected chi connectivity index (χ0v) is 14.7. The van der Waals surface area contributed by atoms with Crippen molar-refractivity contribution in [2.45, 2.75) is 19.9 Å². The summed E-state index contributed by atoms with van der Waals surface area (Å²) >= 11 is 0. The first-order chi connectivity index (χ1) is 12.5. The Hall–Kier alpha value is -3.33. The second-order valence-electron chi connectivity index (χ2n) is 5.57. The summed E-state index contributed by atoms with van der Waals surface area (Å²) in [6.07, 6.45) is 0.747. The van der Waals surface area contributed by atoms with E-state index in [0.29, 0.717) is 23.5 Å². The van der Waals surface area contributed by atoms with Gasteiger partial charge >= 0.3 is 5.97 Å². The van der Waals surface area contributed by atoms with Gasteiger partial charge in [0.05, 0.1) is 24.3 Å². The van der Waals surface area contributed by atoms with E-state index in [4.69, 9.17) is 14.7 Å². The van der Waals surface area contributed by atoms with Gasteiger partial charge in [-0.15, -0.1) is 0 Å². The number of nitrogens with one attached hydrogen (secondary N) is 1. The van der Waals surface area contributed by atoms with Gasteiger partial charge in [-0.05, 0) is 55.0 Å². The maximum absolute atomic E-state index is 11.2. The van der Waals surface area contributed by atoms with Crippen LogP contribution in [0.3, 0.4) is 0 Å². The molecule has 0 heterocycles. The smallest absolute Gasteiger partial charge is 0.302 e. The molecule has 0 saturated carbocycles. The highest BCUT2D eigenvalue weighted by Gasteiger charge is 2.16. The van der Waals surface area contributed by atoms with E-state index < -0.39 is 5.97 Å². The minimum Gasteiger partial charge on any atom is -0.494 e. The van der Waals surface area contributed by atoms with E-state index in [1.54, 1.807) is 42.5 Å². The Kier molecular flexibility index (Phi) is 6.75. The fourth-order valence-corrected chi connectivity index (χ4v) is 2.43. The molecule has 26 heavy (non-hydrogen) atoms. The molecule has 2 rings (SSSR count). The first-order valence-electron chi connectivity index (χ1n) is 8.18. The zero-order chi connectivity index (χ0) is 18.9. The summed E-state index contributed by atoms with van der Waals surface area (Å²) in [6.45, 7) is 3.76. The summed E-state index contributed by atoms with van der Waals surface area (Å²) < 4.78 is 10.7. The van der Waals surface area contributed by atoms with Crippen molar-refractivity contribution < 1.29 is 19.1 Å². The van der Waals surface area contributed by atoms with Crippen molar-refractivity contribution in [2.24, 2.45) is 0 Å². The number of nitriles is 1. The molecule has 0 bridgehead atoms. The molecule has 6 heteroatoms. The molecular weight excluding hydrogens is 332 g/mol. The molecule has 0 saturated heterocycles. The van der Waals surface area contributed by atoms with Crippen LogP contribution in [0.1, 0.15) is 41.4 Å². The summed E-state index contributed by atoms with van der Waals surface area (Å²) in [5, 5.41) is 12.2. The zero-order valence-electron chi connectivity index (χ0n) is 14.7. The molecule has 0 fully saturated rings. The Balaban J connectivity index is 2.33. The lowest BCUT2D eigenvalue weighted by Gasteiger charge is -2.21. The maximum atomic E-state index is 11.2. The molecule has 134 valence electrons. The van der Waals surface area contributed by atoms with Gasteiger partial charge in [0, 0.05) is 18.2 Å². The third kappa shape index (κ3) is 5.35. The van der Waals surface area contributed by atoms with Gasteiger partial charge < -0.3 is 14.8 Å². The van der Waals surface area contributed by atoms with Crippen LogP contribution in [0, 0.1) is 11.3 Å². The molecule has 1 atom stereocenters. The summed E-state index contributed by atoms with van der Waals surface area (Å²) in [5.41, 5.74) is 2.54. The van der Waals surface area contributed by atoms with Crippen molar-refractivity contribution in [1.29, 1.82) is 5.26 Å². The van der Waals surface area contributed by atoms with E-state index >= 15 is 0 Å². The molecule has 6 nitrogen and oxygen atoms in total. The number of esters is 1. The SMILES string of the molecule is CCOc1cc(C=O)cc(C(COC(C)=O)Nc2ccc(C#N)cc2)c1. The van der Waals surface area contributed by atoms with Crippen LogP contribution in [0.25, 0.3) is 0 Å². The molecule has 0 radical (unpaired) electrons. The number of anilines is 1. The number of nitrogens with zero attached hydrogens (tertiary/aromatic N) is 1. The summed E-state index contributed by atoms with van der Waals surface area (Å²) in [6, 6.07) is 13.8. The van der Waals surface area contributed by atoms with Gasteiger partial charge in [-0.1, -0.05) is 0 Å². The Morgan fingerprint density at radius 2 is 2.00 bits per heavy atom. The van der Waals surface area contributed by atoms with Gasteiger partial charge in [-0.3, -0.25) is 9.59 Å². The van der Waals surface area contributed by atoms with Crippen LogP contribution in [0.4, 0.5) is 5.69 Å². The van der Waals surface area contributed by atoms with Crippen molar-refractivity contribution in [3.63, 3.8) is 0 Å². The van der Waals surface area contributed by atoms with Crippen LogP contribution in [0.15, 0.2) is 42.5 Å². The van der Waals surface area contributed by atoms with Crippen molar-refractivity contribution >= 4 is 17.9 Å². The Bertz CT molecular complexity index is 810. The summed E-state index contributed by atoms with van der Waals surface area (Å²) in [5.74, 6) is 0.176. The molecule has 0 spiro atoms. The topological polar surface area (TPSA) is 88.4 Å². The van der Waals surface area contributed by atoms with Gasteiger partial charge in [0.25, 0.3) is 0 Å². The molecule has 0 aromatic heterocycles. The number of hydrogen-bond acceptors (Lipinski definition) is 6. The fourth-order valence-electron chi connectivity index (χ4n) is 2.43. The second-order valence-corrected chi connectivity index (χ2v) is 5.57. The second kappa shape index (κ2) is 9.23. The van der Waals surface area contributed by atoms with Crippen LogP contribution in [-0.2, 0) is 9.53 Å². The van der Waals surface area contributed by atoms with Crippen LogP contribution >= 0.6 is 0 Å². The molecule has 0 aliphatic heterocycles. The van der Waals surface area contributed by atoms with Gasteiger partial charge in [-0.25, -0.2) is 0 Å². The monoisotopic (exact) mass is 352 g/mol. The van der Waals surface area contributed by atoms with Crippen LogP contribution < -0.4 is 10.1 Å². The van der Waals surface area contributed by atoms with Gasteiger partial charge in [0.1, 0.15) is 18.6 Å². The number of benzene rings is 2. The van der Waals surface area contributed by atoms with E-state index in [2.05, 4.69) is 11.4 Å². The van der Waals surface area contributed by atoms with E-state index in [-0.39, 0.29) is 12.6 Å². The first kappa shape index (κ1) is 19.0. The molecule has 0 aliphatic rings. The Labute approximate surface area is 152 Å². The first-order valence-corrected chi connectivity index (χ1v) is 8.18. The predicted molar refractivity (Wildman–Crippen MR) is 97.2 cm³/mol. The number of rotatable bonds is 8. The minimum absolute atomic E-state index is 0.0865. The maximum Gasteiger partial charge on any atom is 0.302 e. The van der Waals surface area contributed by atoms with Crippen LogP contribution in [-0.4, -0.2) is 25.5 Å². The Morgan fingerprint density at radius 1 is 1.27 bits per heavy atom. The average Bonchev–Trinajstić information content (AvgIpc) is 2.65. The number of ether oxygens (including phenoxy) is 2. The molecular formula is C20H20N2O4. The van der Waals surface area contributed by atoms with Gasteiger partial charge in [0.15, 0.2) is 0 Å². The minimum atomic E-state index is -0.395. The van der Waals surface area contributed by atoms with Crippen molar-refractivity contribution in [2.75, 3.05) is 18.5 Å². The quantitative estimate of drug-likeness (QED) is 0.578. The lowest BCUT2D eigenvalue weighted by atomic mass is 10.0. The van der Waals surface area contributed by atoms with Crippen LogP contribution in [0.5, 0.6) is 5.75 Å². The van der Waals surface area contributed by atoms with Crippen molar-refractivity contribution in [3.05, 3.63) is 59.2 Å². The number of carbonyl (C=O) groups excluding carboxylic acids is 2. The summed E-state index contributed by atoms with van der Waals surface area (Å²) in [7, 11) is 0. The predicted octanol–water partition coefficient (Wildman–Crippen LogP) is 3.49. The van der Waals surface area contributed by atoms with E-state index in [1.807, 2.05) is 6.92 Å². The molecule has 2 aromatic rings. The fraction of sp³-hybridized carbons (Fsp3) is 0.250. The number of hydrogen-bond donors (Lipinski definition) is 1. The normalized spacial score (nSPS) is 11.1.